The summed E-state index contributed by atoms with van der Waals surface area (Å²) in [6.07, 6.45) is 17.5. The van der Waals surface area contributed by atoms with Gasteiger partial charge in [0.15, 0.2) is 0 Å². The predicted molar refractivity (Wildman–Crippen MR) is 115 cm³/mol. The highest BCUT2D eigenvalue weighted by Gasteiger charge is 2.51. The maximum Gasteiger partial charge on any atom is 0.323 e. The molecule has 0 unspecified atom stereocenters. The quantitative estimate of drug-likeness (QED) is 0.116. The minimum absolute atomic E-state index is 0.00562. The summed E-state index contributed by atoms with van der Waals surface area (Å²) < 4.78 is 5.58. The molecule has 0 aromatic carbocycles. The molecule has 2 aliphatic carbocycles. The highest BCUT2D eigenvalue weighted by atomic mass is 16.6. The van der Waals surface area contributed by atoms with Crippen LogP contribution in [0.1, 0.15) is 117 Å². The van der Waals surface area contributed by atoms with Crippen LogP contribution in [0.3, 0.4) is 0 Å². The van der Waals surface area contributed by atoms with Crippen molar-refractivity contribution in [1.29, 1.82) is 0 Å². The lowest BCUT2D eigenvalue weighted by molar-refractivity contribution is -0.162. The highest BCUT2D eigenvalue weighted by Crippen LogP contribution is 2.51. The van der Waals surface area contributed by atoms with Gasteiger partial charge in [0.25, 0.3) is 0 Å². The monoisotopic (exact) mass is 404 g/mol. The maximum atomic E-state index is 12.3. The number of ether oxygens (including phenoxy) is 1. The van der Waals surface area contributed by atoms with E-state index in [1.54, 1.807) is 0 Å². The molecular weight excluding hydrogens is 364 g/mol. The van der Waals surface area contributed by atoms with Gasteiger partial charge in [0.2, 0.25) is 5.78 Å². The zero-order chi connectivity index (χ0) is 21.4. The Morgan fingerprint density at radius 2 is 1.34 bits per heavy atom. The fourth-order valence-electron chi connectivity index (χ4n) is 4.49. The van der Waals surface area contributed by atoms with Crippen LogP contribution in [-0.2, 0) is 14.3 Å². The molecule has 29 heavy (non-hydrogen) atoms. The van der Waals surface area contributed by atoms with Gasteiger partial charge in [0.05, 0.1) is 5.41 Å². The van der Waals surface area contributed by atoms with Crippen LogP contribution in [0, 0.1) is 10.8 Å². The van der Waals surface area contributed by atoms with E-state index in [4.69, 9.17) is 10.3 Å². The molecule has 164 valence electrons. The molecule has 0 radical (unpaired) electrons. The fourth-order valence-corrected chi connectivity index (χ4v) is 4.49. The first-order valence-corrected chi connectivity index (χ1v) is 11.7. The summed E-state index contributed by atoms with van der Waals surface area (Å²) >= 11 is 0. The molecule has 2 fully saturated rings. The first-order chi connectivity index (χ1) is 13.7. The second-order valence-corrected chi connectivity index (χ2v) is 10.4. The second-order valence-electron chi connectivity index (χ2n) is 10.4. The lowest BCUT2D eigenvalue weighted by Gasteiger charge is -2.38. The van der Waals surface area contributed by atoms with E-state index >= 15 is 0 Å². The number of rotatable bonds is 14. The van der Waals surface area contributed by atoms with Gasteiger partial charge >= 0.3 is 12.2 Å². The van der Waals surface area contributed by atoms with Crippen LogP contribution in [0.4, 0.5) is 0 Å². The van der Waals surface area contributed by atoms with Crippen molar-refractivity contribution < 1.29 is 19.1 Å². The largest absolute Gasteiger partial charge is 0.460 e. The number of esters is 1. The van der Waals surface area contributed by atoms with Crippen LogP contribution < -0.4 is 0 Å². The minimum Gasteiger partial charge on any atom is -0.460 e. The predicted octanol–water partition coefficient (Wildman–Crippen LogP) is 6.05. The van der Waals surface area contributed by atoms with Crippen LogP contribution in [0.5, 0.6) is 0 Å². The minimum atomic E-state index is -0.384. The first kappa shape index (κ1) is 23.8. The van der Waals surface area contributed by atoms with E-state index in [9.17, 15) is 9.59 Å². The van der Waals surface area contributed by atoms with Crippen LogP contribution in [0.15, 0.2) is 0 Å². The van der Waals surface area contributed by atoms with Gasteiger partial charge in [-0.2, -0.15) is 4.79 Å². The lowest BCUT2D eigenvalue weighted by atomic mass is 9.63. The Hall–Kier alpha value is -1.48. The zero-order valence-electron chi connectivity index (χ0n) is 18.8. The standard InChI is InChI=1S/C24H40N2O3/c1-22(2,3)29-21(28)24(17-18-24)14-11-9-7-5-4-6-8-10-13-23(15-12-16-23)20(27)19-26-25/h19H,4-18H2,1-3H3. The van der Waals surface area contributed by atoms with Crippen molar-refractivity contribution in [2.45, 2.75) is 123 Å². The fraction of sp³-hybridized carbons (Fsp3) is 0.875. The number of carbonyl (C=O) groups is 2. The highest BCUT2D eigenvalue weighted by molar-refractivity contribution is 6.28. The SMILES string of the molecule is CC(C)(C)OC(=O)C1(CCCCCCCCCCC2(C(=O)C=[N+]=[N-])CCC2)CC1. The molecule has 2 rings (SSSR count). The van der Waals surface area contributed by atoms with E-state index in [2.05, 4.69) is 4.79 Å². The number of carbonyl (C=O) groups excluding carboxylic acids is 2. The van der Waals surface area contributed by atoms with E-state index in [1.165, 1.54) is 38.5 Å². The second kappa shape index (κ2) is 10.5. The van der Waals surface area contributed by atoms with Gasteiger partial charge < -0.3 is 10.3 Å². The van der Waals surface area contributed by atoms with E-state index in [0.29, 0.717) is 0 Å². The van der Waals surface area contributed by atoms with E-state index in [1.807, 2.05) is 20.8 Å². The Labute approximate surface area is 176 Å². The summed E-state index contributed by atoms with van der Waals surface area (Å²) in [7, 11) is 0. The molecule has 0 bridgehead atoms. The van der Waals surface area contributed by atoms with Crippen molar-refractivity contribution in [1.82, 2.24) is 0 Å². The number of hydrogen-bond acceptors (Lipinski definition) is 3. The zero-order valence-corrected chi connectivity index (χ0v) is 18.8. The first-order valence-electron chi connectivity index (χ1n) is 11.7. The summed E-state index contributed by atoms with van der Waals surface area (Å²) in [5.74, 6) is 0.0176. The molecule has 0 aromatic rings. The van der Waals surface area contributed by atoms with Crippen molar-refractivity contribution in [2.24, 2.45) is 10.8 Å². The Kier molecular flexibility index (Phi) is 8.63. The van der Waals surface area contributed by atoms with Crippen LogP contribution >= 0.6 is 0 Å². The Balaban J connectivity index is 1.47. The Morgan fingerprint density at radius 1 is 0.862 bits per heavy atom. The van der Waals surface area contributed by atoms with Gasteiger partial charge in [0.1, 0.15) is 5.60 Å². The maximum absolute atomic E-state index is 12.3. The van der Waals surface area contributed by atoms with Gasteiger partial charge in [0, 0.05) is 5.41 Å². The molecule has 0 atom stereocenters. The van der Waals surface area contributed by atoms with Crippen LogP contribution in [0.2, 0.25) is 0 Å². The molecule has 2 saturated carbocycles. The van der Waals surface area contributed by atoms with Gasteiger partial charge in [-0.15, -0.1) is 0 Å². The van der Waals surface area contributed by atoms with Crippen molar-refractivity contribution in [2.75, 3.05) is 0 Å². The van der Waals surface area contributed by atoms with Crippen molar-refractivity contribution in [3.63, 3.8) is 0 Å². The Bertz CT molecular complexity index is 606. The van der Waals surface area contributed by atoms with E-state index in [0.717, 1.165) is 64.0 Å². The van der Waals surface area contributed by atoms with Crippen LogP contribution in [-0.4, -0.2) is 28.4 Å². The van der Waals surface area contributed by atoms with Crippen molar-refractivity contribution in [3.05, 3.63) is 5.53 Å². The van der Waals surface area contributed by atoms with Gasteiger partial charge in [-0.3, -0.25) is 9.59 Å². The third-order valence-electron chi connectivity index (χ3n) is 6.75. The van der Waals surface area contributed by atoms with Gasteiger partial charge in [-0.1, -0.05) is 57.8 Å². The lowest BCUT2D eigenvalue weighted by Crippen LogP contribution is -2.38. The van der Waals surface area contributed by atoms with E-state index < -0.39 is 0 Å². The van der Waals surface area contributed by atoms with Crippen molar-refractivity contribution in [3.8, 4) is 0 Å². The average Bonchev–Trinajstić information content (AvgIpc) is 3.38. The normalized spacial score (nSPS) is 19.0. The molecule has 0 aliphatic heterocycles. The summed E-state index contributed by atoms with van der Waals surface area (Å²) in [5.41, 5.74) is 7.82. The van der Waals surface area contributed by atoms with Crippen molar-refractivity contribution >= 4 is 18.0 Å². The molecular formula is C24H40N2O3. The topological polar surface area (TPSA) is 79.8 Å². The molecule has 0 aromatic heterocycles. The molecule has 0 N–H and O–H groups in total. The Morgan fingerprint density at radius 3 is 1.72 bits per heavy atom. The third kappa shape index (κ3) is 7.37. The third-order valence-corrected chi connectivity index (χ3v) is 6.75. The molecule has 0 amide bonds. The average molecular weight is 405 g/mol. The summed E-state index contributed by atoms with van der Waals surface area (Å²) in [6, 6.07) is 0. The number of nitrogens with zero attached hydrogens (tertiary/aromatic N) is 2. The molecule has 5 nitrogen and oxygen atoms in total. The molecule has 5 heteroatoms. The number of hydrogen-bond donors (Lipinski definition) is 0. The van der Waals surface area contributed by atoms with Gasteiger partial charge in [-0.05, 0) is 59.3 Å². The van der Waals surface area contributed by atoms with Gasteiger partial charge in [-0.25, -0.2) is 0 Å². The number of ketones is 1. The molecule has 0 heterocycles. The smallest absolute Gasteiger partial charge is 0.323 e. The molecule has 2 aliphatic rings. The molecule has 0 saturated heterocycles. The van der Waals surface area contributed by atoms with Crippen LogP contribution in [0.25, 0.3) is 5.53 Å². The summed E-state index contributed by atoms with van der Waals surface area (Å²) in [6.45, 7) is 5.82. The summed E-state index contributed by atoms with van der Waals surface area (Å²) in [5, 5.41) is 0. The summed E-state index contributed by atoms with van der Waals surface area (Å²) in [4.78, 5) is 27.3. The molecule has 0 spiro atoms. The number of unbranched alkanes of at least 4 members (excludes halogenated alkanes) is 7. The number of Topliss-reactive ketones (excluding diaryl/α,β-unsaturated/α-hetero) is 1. The van der Waals surface area contributed by atoms with E-state index in [-0.39, 0.29) is 28.2 Å².